The van der Waals surface area contributed by atoms with Crippen LogP contribution >= 0.6 is 11.6 Å². The standard InChI is InChI=1S/C13H17ClN2O4/c1-2-3-4-5-6-15-12-10(13(17)18)7-9(16(19)20)8-11(12)14/h7-8,15H,2-6H2,1H3,(H,17,18). The molecule has 6 nitrogen and oxygen atoms in total. The van der Waals surface area contributed by atoms with Crippen LogP contribution in [0.2, 0.25) is 5.02 Å². The van der Waals surface area contributed by atoms with Crippen LogP contribution in [0.1, 0.15) is 43.0 Å². The highest BCUT2D eigenvalue weighted by atomic mass is 35.5. The maximum atomic E-state index is 11.2. The molecule has 0 fully saturated rings. The fourth-order valence-corrected chi connectivity index (χ4v) is 2.09. The number of anilines is 1. The third kappa shape index (κ3) is 4.38. The van der Waals surface area contributed by atoms with Gasteiger partial charge in [0.05, 0.1) is 21.2 Å². The van der Waals surface area contributed by atoms with E-state index in [0.717, 1.165) is 37.8 Å². The van der Waals surface area contributed by atoms with Gasteiger partial charge in [-0.3, -0.25) is 10.1 Å². The number of aromatic carboxylic acids is 1. The van der Waals surface area contributed by atoms with Crippen molar-refractivity contribution in [2.75, 3.05) is 11.9 Å². The summed E-state index contributed by atoms with van der Waals surface area (Å²) in [5.74, 6) is -1.24. The number of carboxylic acid groups (broad SMARTS) is 1. The minimum absolute atomic E-state index is 0.0482. The summed E-state index contributed by atoms with van der Waals surface area (Å²) in [7, 11) is 0. The summed E-state index contributed by atoms with van der Waals surface area (Å²) < 4.78 is 0. The third-order valence-electron chi connectivity index (χ3n) is 2.85. The van der Waals surface area contributed by atoms with Gasteiger partial charge in [0.15, 0.2) is 0 Å². The fourth-order valence-electron chi connectivity index (χ4n) is 1.81. The smallest absolute Gasteiger partial charge is 0.338 e. The lowest BCUT2D eigenvalue weighted by molar-refractivity contribution is -0.384. The first-order chi connectivity index (χ1) is 9.47. The van der Waals surface area contributed by atoms with Gasteiger partial charge in [-0.15, -0.1) is 0 Å². The second-order valence-corrected chi connectivity index (χ2v) is 4.81. The van der Waals surface area contributed by atoms with Gasteiger partial charge in [0.1, 0.15) is 0 Å². The van der Waals surface area contributed by atoms with Crippen molar-refractivity contribution in [2.24, 2.45) is 0 Å². The van der Waals surface area contributed by atoms with Gasteiger partial charge in [-0.1, -0.05) is 37.8 Å². The van der Waals surface area contributed by atoms with Gasteiger partial charge in [0, 0.05) is 18.7 Å². The van der Waals surface area contributed by atoms with E-state index in [9.17, 15) is 14.9 Å². The lowest BCUT2D eigenvalue weighted by atomic mass is 10.1. The Balaban J connectivity index is 2.88. The van der Waals surface area contributed by atoms with Crippen molar-refractivity contribution < 1.29 is 14.8 Å². The predicted octanol–water partition coefficient (Wildman–Crippen LogP) is 3.94. The molecule has 0 spiro atoms. The normalized spacial score (nSPS) is 10.3. The van der Waals surface area contributed by atoms with Crippen LogP contribution in [0.4, 0.5) is 11.4 Å². The number of hydrogen-bond donors (Lipinski definition) is 2. The van der Waals surface area contributed by atoms with Gasteiger partial charge < -0.3 is 10.4 Å². The average Bonchev–Trinajstić information content (AvgIpc) is 2.39. The minimum Gasteiger partial charge on any atom is -0.478 e. The number of benzene rings is 1. The quantitative estimate of drug-likeness (QED) is 0.431. The monoisotopic (exact) mass is 300 g/mol. The second-order valence-electron chi connectivity index (χ2n) is 4.40. The van der Waals surface area contributed by atoms with Crippen LogP contribution in [-0.2, 0) is 0 Å². The summed E-state index contributed by atoms with van der Waals surface area (Å²) in [4.78, 5) is 21.2. The Kier molecular flexibility index (Phi) is 6.24. The summed E-state index contributed by atoms with van der Waals surface area (Å²) in [6, 6.07) is 2.17. The van der Waals surface area contributed by atoms with E-state index < -0.39 is 10.9 Å². The Morgan fingerprint density at radius 1 is 1.40 bits per heavy atom. The van der Waals surface area contributed by atoms with Crippen molar-refractivity contribution in [2.45, 2.75) is 32.6 Å². The molecule has 1 rings (SSSR count). The van der Waals surface area contributed by atoms with Gasteiger partial charge in [0.2, 0.25) is 0 Å². The van der Waals surface area contributed by atoms with E-state index >= 15 is 0 Å². The molecule has 20 heavy (non-hydrogen) atoms. The van der Waals surface area contributed by atoms with Gasteiger partial charge in [0.25, 0.3) is 5.69 Å². The van der Waals surface area contributed by atoms with E-state index in [1.807, 2.05) is 0 Å². The van der Waals surface area contributed by atoms with E-state index in [-0.39, 0.29) is 22.0 Å². The Labute approximate surface area is 121 Å². The number of carboxylic acids is 1. The SMILES string of the molecule is CCCCCCNc1c(Cl)cc([N+](=O)[O-])cc1C(=O)O. The van der Waals surface area contributed by atoms with Gasteiger partial charge >= 0.3 is 5.97 Å². The van der Waals surface area contributed by atoms with Crippen molar-refractivity contribution in [3.05, 3.63) is 32.8 Å². The summed E-state index contributed by atoms with van der Waals surface area (Å²) >= 11 is 5.93. The number of rotatable bonds is 8. The highest BCUT2D eigenvalue weighted by Gasteiger charge is 2.19. The Morgan fingerprint density at radius 3 is 2.65 bits per heavy atom. The Morgan fingerprint density at radius 2 is 2.10 bits per heavy atom. The Hall–Kier alpha value is -1.82. The molecule has 0 radical (unpaired) electrons. The molecule has 0 aliphatic carbocycles. The van der Waals surface area contributed by atoms with Gasteiger partial charge in [-0.05, 0) is 6.42 Å². The zero-order valence-corrected chi connectivity index (χ0v) is 11.9. The van der Waals surface area contributed by atoms with Crippen LogP contribution in [0.5, 0.6) is 0 Å². The number of unbranched alkanes of at least 4 members (excludes halogenated alkanes) is 3. The van der Waals surface area contributed by atoms with Crippen molar-refractivity contribution >= 4 is 28.9 Å². The highest BCUT2D eigenvalue weighted by molar-refractivity contribution is 6.34. The highest BCUT2D eigenvalue weighted by Crippen LogP contribution is 2.31. The number of non-ortho nitro benzene ring substituents is 1. The van der Waals surface area contributed by atoms with E-state index in [0.29, 0.717) is 6.54 Å². The van der Waals surface area contributed by atoms with Crippen LogP contribution in [0, 0.1) is 10.1 Å². The van der Waals surface area contributed by atoms with Crippen molar-refractivity contribution in [3.63, 3.8) is 0 Å². The molecular formula is C13H17ClN2O4. The lowest BCUT2D eigenvalue weighted by Gasteiger charge is -2.11. The predicted molar refractivity (Wildman–Crippen MR) is 77.7 cm³/mol. The van der Waals surface area contributed by atoms with E-state index in [4.69, 9.17) is 16.7 Å². The number of nitro benzene ring substituents is 1. The minimum atomic E-state index is -1.24. The number of halogens is 1. The van der Waals surface area contributed by atoms with Crippen LogP contribution in [0.15, 0.2) is 12.1 Å². The number of carbonyl (C=O) groups is 1. The molecule has 0 heterocycles. The molecule has 0 unspecified atom stereocenters. The van der Waals surface area contributed by atoms with Crippen LogP contribution in [0.3, 0.4) is 0 Å². The van der Waals surface area contributed by atoms with Crippen LogP contribution < -0.4 is 5.32 Å². The molecule has 7 heteroatoms. The van der Waals surface area contributed by atoms with Gasteiger partial charge in [-0.25, -0.2) is 4.79 Å². The largest absolute Gasteiger partial charge is 0.478 e. The number of nitrogens with zero attached hydrogens (tertiary/aromatic N) is 1. The van der Waals surface area contributed by atoms with Crippen molar-refractivity contribution in [1.82, 2.24) is 0 Å². The first kappa shape index (κ1) is 16.2. The van der Waals surface area contributed by atoms with Crippen molar-refractivity contribution in [1.29, 1.82) is 0 Å². The number of nitrogens with one attached hydrogen (secondary N) is 1. The molecular weight excluding hydrogens is 284 g/mol. The van der Waals surface area contributed by atoms with Crippen molar-refractivity contribution in [3.8, 4) is 0 Å². The number of hydrogen-bond acceptors (Lipinski definition) is 4. The molecule has 1 aromatic rings. The topological polar surface area (TPSA) is 92.5 Å². The maximum absolute atomic E-state index is 11.2. The lowest BCUT2D eigenvalue weighted by Crippen LogP contribution is -2.09. The molecule has 0 amide bonds. The van der Waals surface area contributed by atoms with Crippen LogP contribution in [0.25, 0.3) is 0 Å². The molecule has 0 aliphatic heterocycles. The Bertz CT molecular complexity index is 505. The first-order valence-corrected chi connectivity index (χ1v) is 6.80. The van der Waals surface area contributed by atoms with Gasteiger partial charge in [-0.2, -0.15) is 0 Å². The van der Waals surface area contributed by atoms with E-state index in [2.05, 4.69) is 12.2 Å². The average molecular weight is 301 g/mol. The zero-order valence-electron chi connectivity index (χ0n) is 11.2. The first-order valence-electron chi connectivity index (χ1n) is 6.42. The fraction of sp³-hybridized carbons (Fsp3) is 0.462. The summed E-state index contributed by atoms with van der Waals surface area (Å²) in [6.45, 7) is 2.68. The second kappa shape index (κ2) is 7.69. The molecule has 0 aliphatic rings. The number of nitro groups is 1. The zero-order chi connectivity index (χ0) is 15.1. The summed E-state index contributed by atoms with van der Waals surface area (Å²) in [5.41, 5.74) is -0.273. The molecule has 110 valence electrons. The molecule has 0 bridgehead atoms. The van der Waals surface area contributed by atoms with Crippen LogP contribution in [-0.4, -0.2) is 22.5 Å². The van der Waals surface area contributed by atoms with E-state index in [1.165, 1.54) is 0 Å². The molecule has 2 N–H and O–H groups in total. The molecule has 1 aromatic carbocycles. The molecule has 0 saturated carbocycles. The summed E-state index contributed by atoms with van der Waals surface area (Å²) in [5, 5.41) is 22.8. The summed E-state index contributed by atoms with van der Waals surface area (Å²) in [6.07, 6.45) is 4.15. The molecule has 0 saturated heterocycles. The van der Waals surface area contributed by atoms with E-state index in [1.54, 1.807) is 0 Å². The maximum Gasteiger partial charge on any atom is 0.338 e. The molecule has 0 aromatic heterocycles. The third-order valence-corrected chi connectivity index (χ3v) is 3.15. The molecule has 0 atom stereocenters.